The Bertz CT molecular complexity index is 428. The highest BCUT2D eigenvalue weighted by atomic mass is 19.3. The molecule has 1 saturated carbocycles. The predicted molar refractivity (Wildman–Crippen MR) is 71.7 cm³/mol. The predicted octanol–water partition coefficient (Wildman–Crippen LogP) is 0.863. The Labute approximate surface area is 122 Å². The fourth-order valence-corrected chi connectivity index (χ4v) is 2.92. The number of alkyl halides is 2. The molecule has 0 radical (unpaired) electrons. The third-order valence-electron chi connectivity index (χ3n) is 4.61. The highest BCUT2D eigenvalue weighted by Crippen LogP contribution is 2.45. The number of hydrogen-bond acceptors (Lipinski definition) is 3. The molecule has 7 heteroatoms. The van der Waals surface area contributed by atoms with Crippen molar-refractivity contribution in [3.05, 3.63) is 0 Å². The van der Waals surface area contributed by atoms with Crippen LogP contribution in [0.3, 0.4) is 0 Å². The Hall–Kier alpha value is -1.24. The lowest BCUT2D eigenvalue weighted by atomic mass is 9.74. The molecule has 1 aliphatic carbocycles. The van der Waals surface area contributed by atoms with Crippen molar-refractivity contribution in [2.75, 3.05) is 27.2 Å². The zero-order chi connectivity index (χ0) is 15.8. The zero-order valence-corrected chi connectivity index (χ0v) is 12.4. The fourth-order valence-electron chi connectivity index (χ4n) is 2.92. The van der Waals surface area contributed by atoms with Gasteiger partial charge in [-0.25, -0.2) is 0 Å². The lowest BCUT2D eigenvalue weighted by Crippen LogP contribution is -2.62. The Morgan fingerprint density at radius 2 is 1.76 bits per heavy atom. The molecule has 1 aliphatic heterocycles. The molecule has 2 fully saturated rings. The van der Waals surface area contributed by atoms with Crippen LogP contribution in [0.5, 0.6) is 0 Å². The van der Waals surface area contributed by atoms with Crippen LogP contribution in [-0.2, 0) is 9.59 Å². The number of carbonyl (C=O) groups excluding carboxylic acids is 2. The van der Waals surface area contributed by atoms with Gasteiger partial charge < -0.3 is 14.9 Å². The monoisotopic (exact) mass is 304 g/mol. The van der Waals surface area contributed by atoms with Gasteiger partial charge in [-0.15, -0.1) is 0 Å². The van der Waals surface area contributed by atoms with Crippen molar-refractivity contribution in [3.8, 4) is 0 Å². The van der Waals surface area contributed by atoms with Crippen LogP contribution in [0.25, 0.3) is 0 Å². The second-order valence-electron chi connectivity index (χ2n) is 6.26. The van der Waals surface area contributed by atoms with Gasteiger partial charge in [-0.3, -0.25) is 9.59 Å². The van der Waals surface area contributed by atoms with Crippen molar-refractivity contribution < 1.29 is 23.5 Å². The minimum Gasteiger partial charge on any atom is -0.383 e. The number of amides is 2. The molecule has 0 aromatic heterocycles. The van der Waals surface area contributed by atoms with Crippen molar-refractivity contribution in [2.45, 2.75) is 43.6 Å². The Kier molecular flexibility index (Phi) is 4.24. The molecule has 1 N–H and O–H groups in total. The van der Waals surface area contributed by atoms with Crippen molar-refractivity contribution in [1.82, 2.24) is 9.80 Å². The first-order chi connectivity index (χ1) is 9.69. The zero-order valence-electron chi connectivity index (χ0n) is 12.4. The van der Waals surface area contributed by atoms with Crippen molar-refractivity contribution in [3.63, 3.8) is 0 Å². The smallest absolute Gasteiger partial charge is 0.352 e. The van der Waals surface area contributed by atoms with Crippen LogP contribution in [0.2, 0.25) is 0 Å². The number of aliphatic hydroxyl groups is 1. The summed E-state index contributed by atoms with van der Waals surface area (Å²) in [5.74, 6) is -5.29. The molecule has 0 spiro atoms. The molecule has 0 aromatic carbocycles. The average molecular weight is 304 g/mol. The highest BCUT2D eigenvalue weighted by molar-refractivity contribution is 5.85. The summed E-state index contributed by atoms with van der Waals surface area (Å²) in [6.45, 7) is 0.267. The summed E-state index contributed by atoms with van der Waals surface area (Å²) in [4.78, 5) is 26.4. The number of hydrogen-bond donors (Lipinski definition) is 1. The van der Waals surface area contributed by atoms with Crippen molar-refractivity contribution >= 4 is 11.8 Å². The summed E-state index contributed by atoms with van der Waals surface area (Å²) in [5.41, 5.74) is -2.18. The largest absolute Gasteiger partial charge is 0.383 e. The van der Waals surface area contributed by atoms with E-state index in [4.69, 9.17) is 0 Å². The van der Waals surface area contributed by atoms with Crippen molar-refractivity contribution in [1.29, 1.82) is 0 Å². The molecule has 120 valence electrons. The maximum Gasteiger partial charge on any atom is 0.352 e. The molecule has 2 rings (SSSR count). The molecular weight excluding hydrogens is 282 g/mol. The number of rotatable bonds is 3. The second-order valence-corrected chi connectivity index (χ2v) is 6.26. The van der Waals surface area contributed by atoms with Crippen molar-refractivity contribution in [2.24, 2.45) is 5.92 Å². The van der Waals surface area contributed by atoms with Crippen LogP contribution in [-0.4, -0.2) is 65.4 Å². The first-order valence-corrected chi connectivity index (χ1v) is 7.30. The molecular formula is C14H22F2N2O3. The van der Waals surface area contributed by atoms with E-state index >= 15 is 0 Å². The highest BCUT2D eigenvalue weighted by Gasteiger charge is 2.62. The van der Waals surface area contributed by atoms with Gasteiger partial charge in [0, 0.05) is 33.1 Å². The van der Waals surface area contributed by atoms with Gasteiger partial charge in [-0.2, -0.15) is 8.78 Å². The number of halogens is 2. The van der Waals surface area contributed by atoms with Gasteiger partial charge in [-0.1, -0.05) is 0 Å². The third kappa shape index (κ3) is 2.75. The Balaban J connectivity index is 1.96. The molecule has 1 heterocycles. The number of nitrogens with zero attached hydrogens (tertiary/aromatic N) is 2. The molecule has 0 aromatic rings. The molecule has 21 heavy (non-hydrogen) atoms. The number of likely N-dealkylation sites (tertiary alicyclic amines) is 1. The van der Waals surface area contributed by atoms with Crippen LogP contribution in [0.15, 0.2) is 0 Å². The van der Waals surface area contributed by atoms with Crippen LogP contribution in [0.1, 0.15) is 32.1 Å². The van der Waals surface area contributed by atoms with Gasteiger partial charge in [0.1, 0.15) is 5.60 Å². The summed E-state index contributed by atoms with van der Waals surface area (Å²) in [6.07, 6.45) is 1.20. The molecule has 2 aliphatic rings. The minimum atomic E-state index is -3.73. The summed E-state index contributed by atoms with van der Waals surface area (Å²) in [5, 5.41) is 9.79. The third-order valence-corrected chi connectivity index (χ3v) is 4.61. The van der Waals surface area contributed by atoms with E-state index in [1.54, 1.807) is 14.1 Å². The lowest BCUT2D eigenvalue weighted by Gasteiger charge is -2.44. The normalized spacial score (nSPS) is 22.6. The number of piperidine rings is 1. The molecule has 0 bridgehead atoms. The van der Waals surface area contributed by atoms with Gasteiger partial charge in [0.25, 0.3) is 5.91 Å². The van der Waals surface area contributed by atoms with Crippen LogP contribution >= 0.6 is 0 Å². The molecule has 2 amide bonds. The Morgan fingerprint density at radius 1 is 1.24 bits per heavy atom. The summed E-state index contributed by atoms with van der Waals surface area (Å²) in [7, 11) is 3.31. The molecule has 1 saturated heterocycles. The molecule has 5 nitrogen and oxygen atoms in total. The standard InChI is InChI=1S/C14H22F2N2O3/c1-17(2)11(19)10-4-8-18(9-5-10)12(20)14(15,16)13(21)6-3-7-13/h10,21H,3-9H2,1-2H3. The van der Waals surface area contributed by atoms with E-state index in [0.29, 0.717) is 19.3 Å². The molecule has 0 unspecified atom stereocenters. The van der Waals surface area contributed by atoms with E-state index in [9.17, 15) is 23.5 Å². The minimum absolute atomic E-state index is 0.0357. The second kappa shape index (κ2) is 5.51. The SMILES string of the molecule is CN(C)C(=O)C1CCN(C(=O)C(F)(F)C2(O)CCC2)CC1. The van der Waals surface area contributed by atoms with Crippen LogP contribution in [0, 0.1) is 5.92 Å². The topological polar surface area (TPSA) is 60.9 Å². The van der Waals surface area contributed by atoms with Gasteiger partial charge >= 0.3 is 5.92 Å². The first-order valence-electron chi connectivity index (χ1n) is 7.30. The van der Waals surface area contributed by atoms with E-state index in [1.807, 2.05) is 0 Å². The maximum atomic E-state index is 14.1. The summed E-state index contributed by atoms with van der Waals surface area (Å²) < 4.78 is 28.2. The van der Waals surface area contributed by atoms with Gasteiger partial charge in [0.05, 0.1) is 0 Å². The van der Waals surface area contributed by atoms with E-state index in [0.717, 1.165) is 4.90 Å². The quantitative estimate of drug-likeness (QED) is 0.841. The van der Waals surface area contributed by atoms with E-state index < -0.39 is 17.4 Å². The van der Waals surface area contributed by atoms with Crippen LogP contribution in [0.4, 0.5) is 8.78 Å². The van der Waals surface area contributed by atoms with Gasteiger partial charge in [0.15, 0.2) is 0 Å². The number of carbonyl (C=O) groups is 2. The van der Waals surface area contributed by atoms with Crippen LogP contribution < -0.4 is 0 Å². The summed E-state index contributed by atoms with van der Waals surface area (Å²) >= 11 is 0. The Morgan fingerprint density at radius 3 is 2.14 bits per heavy atom. The average Bonchev–Trinajstić information content (AvgIpc) is 2.42. The van der Waals surface area contributed by atoms with Gasteiger partial charge in [0.2, 0.25) is 5.91 Å². The van der Waals surface area contributed by atoms with E-state index in [-0.39, 0.29) is 37.8 Å². The summed E-state index contributed by atoms with van der Waals surface area (Å²) in [6, 6.07) is 0. The maximum absolute atomic E-state index is 14.1. The van der Waals surface area contributed by atoms with Gasteiger partial charge in [-0.05, 0) is 32.1 Å². The molecule has 0 atom stereocenters. The fraction of sp³-hybridized carbons (Fsp3) is 0.857. The lowest BCUT2D eigenvalue weighted by molar-refractivity contribution is -0.224. The van der Waals surface area contributed by atoms with E-state index in [2.05, 4.69) is 0 Å². The first kappa shape index (κ1) is 16.1. The van der Waals surface area contributed by atoms with E-state index in [1.165, 1.54) is 4.90 Å².